The van der Waals surface area contributed by atoms with Crippen molar-refractivity contribution in [3.05, 3.63) is 35.9 Å². The minimum atomic E-state index is -0.192. The standard InChI is InChI=1S/C17H24N2O3/c20-11-10-18-9-8-16(12-18)19(15-6-7-15)17(21)22-13-14-4-2-1-3-5-14/h1-5,15-16,20H,6-13H2/t16-/m1/s1. The van der Waals surface area contributed by atoms with E-state index in [1.54, 1.807) is 0 Å². The lowest BCUT2D eigenvalue weighted by Crippen LogP contribution is -2.44. The fourth-order valence-electron chi connectivity index (χ4n) is 3.13. The summed E-state index contributed by atoms with van der Waals surface area (Å²) >= 11 is 0. The van der Waals surface area contributed by atoms with Crippen molar-refractivity contribution in [1.82, 2.24) is 9.80 Å². The number of carbonyl (C=O) groups is 1. The fraction of sp³-hybridized carbons (Fsp3) is 0.588. The number of hydrogen-bond acceptors (Lipinski definition) is 4. The molecule has 1 aromatic rings. The van der Waals surface area contributed by atoms with Crippen molar-refractivity contribution in [3.63, 3.8) is 0 Å². The van der Waals surface area contributed by atoms with Gasteiger partial charge in [0.25, 0.3) is 0 Å². The quantitative estimate of drug-likeness (QED) is 0.871. The van der Waals surface area contributed by atoms with E-state index in [9.17, 15) is 4.79 Å². The molecule has 0 unspecified atom stereocenters. The molecule has 1 aliphatic heterocycles. The Balaban J connectivity index is 1.56. The number of aliphatic hydroxyl groups excluding tert-OH is 1. The Labute approximate surface area is 131 Å². The smallest absolute Gasteiger partial charge is 0.410 e. The van der Waals surface area contributed by atoms with Gasteiger partial charge in [0.1, 0.15) is 6.61 Å². The lowest BCUT2D eigenvalue weighted by atomic mass is 10.2. The van der Waals surface area contributed by atoms with E-state index in [4.69, 9.17) is 9.84 Å². The third kappa shape index (κ3) is 3.78. The number of nitrogens with zero attached hydrogens (tertiary/aromatic N) is 2. The molecule has 2 fully saturated rings. The summed E-state index contributed by atoms with van der Waals surface area (Å²) in [7, 11) is 0. The molecule has 5 heteroatoms. The zero-order valence-electron chi connectivity index (χ0n) is 12.9. The Morgan fingerprint density at radius 1 is 1.23 bits per heavy atom. The zero-order chi connectivity index (χ0) is 15.4. The summed E-state index contributed by atoms with van der Waals surface area (Å²) < 4.78 is 5.52. The predicted molar refractivity (Wildman–Crippen MR) is 83.4 cm³/mol. The van der Waals surface area contributed by atoms with E-state index in [-0.39, 0.29) is 18.7 Å². The molecule has 1 N–H and O–H groups in total. The van der Waals surface area contributed by atoms with E-state index in [1.807, 2.05) is 35.2 Å². The molecule has 0 bridgehead atoms. The molecular weight excluding hydrogens is 280 g/mol. The number of aliphatic hydroxyl groups is 1. The average molecular weight is 304 g/mol. The first-order valence-electron chi connectivity index (χ1n) is 8.10. The fourth-order valence-corrected chi connectivity index (χ4v) is 3.13. The minimum Gasteiger partial charge on any atom is -0.445 e. The van der Waals surface area contributed by atoms with Crippen molar-refractivity contribution >= 4 is 6.09 Å². The summed E-state index contributed by atoms with van der Waals surface area (Å²) in [4.78, 5) is 16.6. The summed E-state index contributed by atoms with van der Waals surface area (Å²) in [5.41, 5.74) is 1.01. The van der Waals surface area contributed by atoms with Crippen LogP contribution < -0.4 is 0 Å². The lowest BCUT2D eigenvalue weighted by Gasteiger charge is -2.28. The Morgan fingerprint density at radius 2 is 2.00 bits per heavy atom. The van der Waals surface area contributed by atoms with Crippen LogP contribution in [0.15, 0.2) is 30.3 Å². The first-order valence-corrected chi connectivity index (χ1v) is 8.10. The van der Waals surface area contributed by atoms with E-state index in [0.717, 1.165) is 37.9 Å². The summed E-state index contributed by atoms with van der Waals surface area (Å²) in [5.74, 6) is 0. The molecule has 0 spiro atoms. The number of hydrogen-bond donors (Lipinski definition) is 1. The summed E-state index contributed by atoms with van der Waals surface area (Å²) in [6.07, 6.45) is 2.94. The van der Waals surface area contributed by atoms with Crippen LogP contribution in [0, 0.1) is 0 Å². The van der Waals surface area contributed by atoms with Crippen LogP contribution in [0.25, 0.3) is 0 Å². The first kappa shape index (κ1) is 15.3. The molecule has 1 atom stereocenters. The van der Waals surface area contributed by atoms with Crippen LogP contribution in [-0.4, -0.2) is 59.3 Å². The highest BCUT2D eigenvalue weighted by molar-refractivity contribution is 5.69. The van der Waals surface area contributed by atoms with Gasteiger partial charge in [0.05, 0.1) is 6.61 Å². The van der Waals surface area contributed by atoms with Gasteiger partial charge < -0.3 is 14.7 Å². The maximum atomic E-state index is 12.5. The second-order valence-electron chi connectivity index (χ2n) is 6.15. The number of amides is 1. The molecule has 0 radical (unpaired) electrons. The lowest BCUT2D eigenvalue weighted by molar-refractivity contribution is 0.0773. The highest BCUT2D eigenvalue weighted by Gasteiger charge is 2.40. The molecule has 1 aliphatic carbocycles. The van der Waals surface area contributed by atoms with Gasteiger partial charge in [-0.15, -0.1) is 0 Å². The molecule has 0 aromatic heterocycles. The Hall–Kier alpha value is -1.59. The Morgan fingerprint density at radius 3 is 2.68 bits per heavy atom. The molecule has 1 aromatic carbocycles. The number of carbonyl (C=O) groups excluding carboxylic acids is 1. The van der Waals surface area contributed by atoms with Gasteiger partial charge in [-0.3, -0.25) is 4.90 Å². The van der Waals surface area contributed by atoms with Gasteiger partial charge in [0.15, 0.2) is 0 Å². The van der Waals surface area contributed by atoms with Crippen molar-refractivity contribution in [3.8, 4) is 0 Å². The van der Waals surface area contributed by atoms with Gasteiger partial charge >= 0.3 is 6.09 Å². The second-order valence-corrected chi connectivity index (χ2v) is 6.15. The van der Waals surface area contributed by atoms with E-state index < -0.39 is 0 Å². The number of likely N-dealkylation sites (tertiary alicyclic amines) is 1. The van der Waals surface area contributed by atoms with Gasteiger partial charge in [-0.25, -0.2) is 4.79 Å². The maximum absolute atomic E-state index is 12.5. The maximum Gasteiger partial charge on any atom is 0.410 e. The highest BCUT2D eigenvalue weighted by Crippen LogP contribution is 2.32. The topological polar surface area (TPSA) is 53.0 Å². The van der Waals surface area contributed by atoms with Crippen molar-refractivity contribution in [2.45, 2.75) is 38.0 Å². The molecule has 1 amide bonds. The summed E-state index contributed by atoms with van der Waals surface area (Å²) in [5, 5.41) is 9.05. The summed E-state index contributed by atoms with van der Waals surface area (Å²) in [6.45, 7) is 2.98. The molecule has 1 saturated heterocycles. The van der Waals surface area contributed by atoms with Gasteiger partial charge in [-0.05, 0) is 24.8 Å². The van der Waals surface area contributed by atoms with E-state index in [0.29, 0.717) is 19.2 Å². The van der Waals surface area contributed by atoms with E-state index >= 15 is 0 Å². The van der Waals surface area contributed by atoms with Crippen molar-refractivity contribution in [2.24, 2.45) is 0 Å². The van der Waals surface area contributed by atoms with Crippen molar-refractivity contribution < 1.29 is 14.6 Å². The largest absolute Gasteiger partial charge is 0.445 e. The van der Waals surface area contributed by atoms with E-state index in [1.165, 1.54) is 0 Å². The van der Waals surface area contributed by atoms with Gasteiger partial charge in [-0.2, -0.15) is 0 Å². The average Bonchev–Trinajstić information content (AvgIpc) is 3.26. The van der Waals surface area contributed by atoms with Crippen LogP contribution in [0.5, 0.6) is 0 Å². The second kappa shape index (κ2) is 7.11. The highest BCUT2D eigenvalue weighted by atomic mass is 16.6. The van der Waals surface area contributed by atoms with Gasteiger partial charge in [-0.1, -0.05) is 30.3 Å². The third-order valence-electron chi connectivity index (χ3n) is 4.41. The van der Waals surface area contributed by atoms with Crippen LogP contribution in [-0.2, 0) is 11.3 Å². The van der Waals surface area contributed by atoms with Gasteiger partial charge in [0, 0.05) is 31.7 Å². The molecule has 2 aliphatic rings. The summed E-state index contributed by atoms with van der Waals surface area (Å²) in [6, 6.07) is 10.4. The molecule has 120 valence electrons. The van der Waals surface area contributed by atoms with Gasteiger partial charge in [0.2, 0.25) is 0 Å². The SMILES string of the molecule is O=C(OCc1ccccc1)N(C1CC1)[C@@H]1CCN(CCO)C1. The van der Waals surface area contributed by atoms with Crippen LogP contribution in [0.3, 0.4) is 0 Å². The molecule has 3 rings (SSSR count). The Kier molecular flexibility index (Phi) is 4.95. The van der Waals surface area contributed by atoms with Crippen LogP contribution >= 0.6 is 0 Å². The molecule has 5 nitrogen and oxygen atoms in total. The predicted octanol–water partition coefficient (Wildman–Crippen LogP) is 1.85. The van der Waals surface area contributed by atoms with E-state index in [2.05, 4.69) is 4.90 Å². The molecule has 22 heavy (non-hydrogen) atoms. The Bertz CT molecular complexity index is 490. The molecule has 1 saturated carbocycles. The normalized spacial score (nSPS) is 21.8. The van der Waals surface area contributed by atoms with Crippen LogP contribution in [0.1, 0.15) is 24.8 Å². The minimum absolute atomic E-state index is 0.175. The number of rotatable bonds is 6. The zero-order valence-corrected chi connectivity index (χ0v) is 12.9. The monoisotopic (exact) mass is 304 g/mol. The molecule has 1 heterocycles. The number of benzene rings is 1. The number of β-amino-alcohol motifs (C(OH)–C–C–N with tert-alkyl or cyclic N) is 1. The van der Waals surface area contributed by atoms with Crippen LogP contribution in [0.4, 0.5) is 4.79 Å². The van der Waals surface area contributed by atoms with Crippen LogP contribution in [0.2, 0.25) is 0 Å². The first-order chi connectivity index (χ1) is 10.8. The third-order valence-corrected chi connectivity index (χ3v) is 4.41. The van der Waals surface area contributed by atoms with Crippen molar-refractivity contribution in [1.29, 1.82) is 0 Å². The molecular formula is C17H24N2O3. The number of ether oxygens (including phenoxy) is 1. The van der Waals surface area contributed by atoms with Crippen molar-refractivity contribution in [2.75, 3.05) is 26.2 Å².